The van der Waals surface area contributed by atoms with Crippen molar-refractivity contribution in [1.82, 2.24) is 0 Å². The second-order valence-electron chi connectivity index (χ2n) is 3.65. The molecule has 0 amide bonds. The zero-order valence-electron chi connectivity index (χ0n) is 9.06. The van der Waals surface area contributed by atoms with Crippen molar-refractivity contribution in [3.05, 3.63) is 12.7 Å². The fraction of sp³-hybridized carbons (Fsp3) is 0.818. The van der Waals surface area contributed by atoms with Crippen molar-refractivity contribution in [2.24, 2.45) is 0 Å². The van der Waals surface area contributed by atoms with Crippen LogP contribution >= 0.6 is 17.9 Å². The number of unbranched alkanes of at least 4 members (excludes halogenated alkanes) is 2. The van der Waals surface area contributed by atoms with Gasteiger partial charge in [0, 0.05) is 0 Å². The van der Waals surface area contributed by atoms with Crippen LogP contribution in [0.2, 0.25) is 0 Å². The lowest BCUT2D eigenvalue weighted by atomic mass is 10.4. The molecule has 0 saturated carbocycles. The zero-order chi connectivity index (χ0) is 10.2. The lowest BCUT2D eigenvalue weighted by Gasteiger charge is -2.27. The van der Waals surface area contributed by atoms with Crippen LogP contribution in [0.3, 0.4) is 0 Å². The lowest BCUT2D eigenvalue weighted by Crippen LogP contribution is -2.01. The van der Waals surface area contributed by atoms with Gasteiger partial charge in [-0.25, -0.2) is 0 Å². The molecule has 0 spiro atoms. The first-order valence-electron chi connectivity index (χ1n) is 5.35. The topological polar surface area (TPSA) is 0 Å². The third-order valence-corrected chi connectivity index (χ3v) is 6.86. The maximum atomic E-state index is 6.64. The second kappa shape index (κ2) is 7.83. The number of rotatable bonds is 8. The van der Waals surface area contributed by atoms with Gasteiger partial charge in [-0.05, 0) is 37.9 Å². The van der Waals surface area contributed by atoms with Gasteiger partial charge >= 0.3 is 0 Å². The predicted molar refractivity (Wildman–Crippen MR) is 67.4 cm³/mol. The van der Waals surface area contributed by atoms with Crippen LogP contribution in [0.4, 0.5) is 0 Å². The van der Waals surface area contributed by atoms with E-state index < -0.39 is 6.62 Å². The van der Waals surface area contributed by atoms with Gasteiger partial charge in [-0.2, -0.15) is 0 Å². The van der Waals surface area contributed by atoms with Crippen LogP contribution in [0.1, 0.15) is 39.5 Å². The Kier molecular flexibility index (Phi) is 8.10. The Hall–Kier alpha value is 0.460. The molecule has 0 atom stereocenters. The molecule has 0 aliphatic carbocycles. The fourth-order valence-electron chi connectivity index (χ4n) is 1.41. The Morgan fingerprint density at radius 2 is 1.62 bits per heavy atom. The van der Waals surface area contributed by atoms with Crippen LogP contribution in [0.15, 0.2) is 12.7 Å². The van der Waals surface area contributed by atoms with Gasteiger partial charge in [-0.3, -0.25) is 0 Å². The monoisotopic (exact) mass is 221 g/mol. The van der Waals surface area contributed by atoms with Crippen molar-refractivity contribution in [3.63, 3.8) is 0 Å². The maximum absolute atomic E-state index is 6.64. The van der Waals surface area contributed by atoms with Gasteiger partial charge < -0.3 is 0 Å². The molecule has 0 N–H and O–H groups in total. The van der Waals surface area contributed by atoms with Crippen LogP contribution in [-0.2, 0) is 0 Å². The molecule has 79 valence electrons. The SMILES string of the molecule is C=CC[P](Cl)(CCCC)CCCC. The smallest absolute Gasteiger partial charge is 0.00517 e. The molecular weight excluding hydrogens is 199 g/mol. The molecule has 2 heteroatoms. The molecule has 0 fully saturated rings. The van der Waals surface area contributed by atoms with Crippen molar-refractivity contribution < 1.29 is 0 Å². The molecule has 0 aromatic heterocycles. The first-order chi connectivity index (χ1) is 6.18. The Bertz CT molecular complexity index is 126. The van der Waals surface area contributed by atoms with Gasteiger partial charge in [0.15, 0.2) is 0 Å². The Labute approximate surface area is 88.9 Å². The zero-order valence-corrected chi connectivity index (χ0v) is 10.7. The minimum atomic E-state index is -1.15. The van der Waals surface area contributed by atoms with E-state index in [9.17, 15) is 0 Å². The van der Waals surface area contributed by atoms with Gasteiger partial charge in [0.25, 0.3) is 0 Å². The summed E-state index contributed by atoms with van der Waals surface area (Å²) in [5.74, 6) is 0. The highest BCUT2D eigenvalue weighted by atomic mass is 35.7. The van der Waals surface area contributed by atoms with Gasteiger partial charge in [0.1, 0.15) is 0 Å². The third-order valence-electron chi connectivity index (χ3n) is 2.28. The largest absolute Gasteiger partial charge is 0.103 e. The average Bonchev–Trinajstić information content (AvgIpc) is 2.12. The van der Waals surface area contributed by atoms with Crippen molar-refractivity contribution in [2.75, 3.05) is 18.5 Å². The summed E-state index contributed by atoms with van der Waals surface area (Å²) in [5, 5.41) is 0. The highest BCUT2D eigenvalue weighted by Gasteiger charge is 2.21. The van der Waals surface area contributed by atoms with Crippen molar-refractivity contribution >= 4 is 17.9 Å². The molecule has 1 radical (unpaired) electrons. The highest BCUT2D eigenvalue weighted by molar-refractivity contribution is 7.99. The summed E-state index contributed by atoms with van der Waals surface area (Å²) in [6.45, 7) is 7.12. The van der Waals surface area contributed by atoms with Crippen molar-refractivity contribution in [1.29, 1.82) is 0 Å². The molecule has 0 nitrogen and oxygen atoms in total. The van der Waals surface area contributed by atoms with Crippen LogP contribution in [0, 0.1) is 0 Å². The standard InChI is InChI=1S/C11H23ClP/c1-4-7-10-13(12,9-6-3)11-8-5-2/h6H,3-5,7-11H2,1-2H3. The Morgan fingerprint density at radius 3 is 1.92 bits per heavy atom. The minimum absolute atomic E-state index is 1.06. The first kappa shape index (κ1) is 13.5. The van der Waals surface area contributed by atoms with E-state index in [1.807, 2.05) is 6.08 Å². The van der Waals surface area contributed by atoms with E-state index in [1.54, 1.807) is 0 Å². The summed E-state index contributed by atoms with van der Waals surface area (Å²) in [6.07, 6.45) is 10.7. The van der Waals surface area contributed by atoms with E-state index in [-0.39, 0.29) is 0 Å². The number of hydrogen-bond acceptors (Lipinski definition) is 0. The Balaban J connectivity index is 3.90. The molecule has 0 rings (SSSR count). The van der Waals surface area contributed by atoms with Crippen LogP contribution in [0.5, 0.6) is 0 Å². The summed E-state index contributed by atoms with van der Waals surface area (Å²) in [7, 11) is 0. The molecule has 0 aliphatic rings. The number of hydrogen-bond donors (Lipinski definition) is 0. The van der Waals surface area contributed by atoms with E-state index in [1.165, 1.54) is 38.0 Å². The molecule has 0 saturated heterocycles. The third kappa shape index (κ3) is 6.52. The Morgan fingerprint density at radius 1 is 1.15 bits per heavy atom. The van der Waals surface area contributed by atoms with E-state index in [2.05, 4.69) is 20.4 Å². The molecule has 0 bridgehead atoms. The van der Waals surface area contributed by atoms with E-state index >= 15 is 0 Å². The quantitative estimate of drug-likeness (QED) is 0.402. The summed E-state index contributed by atoms with van der Waals surface area (Å²) >= 11 is 6.64. The van der Waals surface area contributed by atoms with Gasteiger partial charge in [-0.1, -0.05) is 32.8 Å². The maximum Gasteiger partial charge on any atom is -0.00517 e. The highest BCUT2D eigenvalue weighted by Crippen LogP contribution is 2.64. The number of halogens is 1. The fourth-order valence-corrected chi connectivity index (χ4v) is 5.24. The molecule has 0 aromatic carbocycles. The predicted octanol–water partition coefficient (Wildman–Crippen LogP) is 4.94. The summed E-state index contributed by atoms with van der Waals surface area (Å²) in [6, 6.07) is 0. The molecular formula is C11H23ClP. The summed E-state index contributed by atoms with van der Waals surface area (Å²) < 4.78 is 0. The average molecular weight is 222 g/mol. The molecule has 0 aromatic rings. The normalized spacial score (nSPS) is 11.6. The molecule has 0 heterocycles. The number of allylic oxidation sites excluding steroid dienone is 1. The summed E-state index contributed by atoms with van der Waals surface area (Å²) in [4.78, 5) is 0. The van der Waals surface area contributed by atoms with E-state index in [4.69, 9.17) is 11.2 Å². The van der Waals surface area contributed by atoms with Crippen LogP contribution in [-0.4, -0.2) is 18.5 Å². The van der Waals surface area contributed by atoms with Crippen molar-refractivity contribution in [2.45, 2.75) is 39.5 Å². The van der Waals surface area contributed by atoms with Gasteiger partial charge in [0.2, 0.25) is 0 Å². The van der Waals surface area contributed by atoms with Crippen molar-refractivity contribution in [3.8, 4) is 0 Å². The second-order valence-corrected chi connectivity index (χ2v) is 9.12. The minimum Gasteiger partial charge on any atom is -0.103 e. The van der Waals surface area contributed by atoms with Crippen LogP contribution < -0.4 is 0 Å². The lowest BCUT2D eigenvalue weighted by molar-refractivity contribution is 0.865. The first-order valence-corrected chi connectivity index (χ1v) is 8.60. The van der Waals surface area contributed by atoms with E-state index in [0.29, 0.717) is 0 Å². The molecule has 13 heavy (non-hydrogen) atoms. The van der Waals surface area contributed by atoms with E-state index in [0.717, 1.165) is 6.16 Å². The van der Waals surface area contributed by atoms with Gasteiger partial charge in [-0.15, -0.1) is 17.8 Å². The summed E-state index contributed by atoms with van der Waals surface area (Å²) in [5.41, 5.74) is 0. The van der Waals surface area contributed by atoms with Gasteiger partial charge in [0.05, 0.1) is 0 Å². The molecule has 0 aliphatic heterocycles. The molecule has 0 unspecified atom stereocenters. The van der Waals surface area contributed by atoms with Crippen LogP contribution in [0.25, 0.3) is 0 Å².